The van der Waals surface area contributed by atoms with Crippen LogP contribution in [0, 0.1) is 0 Å². The number of hydrogen-bond acceptors (Lipinski definition) is 3. The van der Waals surface area contributed by atoms with E-state index in [0.717, 1.165) is 36.0 Å². The number of nitrogens with one attached hydrogen (secondary N) is 2. The summed E-state index contributed by atoms with van der Waals surface area (Å²) in [5.41, 5.74) is 3.89. The third-order valence-corrected chi connectivity index (χ3v) is 4.80. The average molecular weight is 472 g/mol. The maximum atomic E-state index is 4.63. The van der Waals surface area contributed by atoms with Gasteiger partial charge in [-0.1, -0.05) is 45.0 Å². The van der Waals surface area contributed by atoms with Crippen molar-refractivity contribution < 1.29 is 0 Å². The van der Waals surface area contributed by atoms with Gasteiger partial charge in [-0.3, -0.25) is 4.99 Å². The highest BCUT2D eigenvalue weighted by Gasteiger charge is 2.06. The molecule has 4 nitrogen and oxygen atoms in total. The molecule has 1 aromatic carbocycles. The van der Waals surface area contributed by atoms with E-state index in [1.54, 1.807) is 18.4 Å². The lowest BCUT2D eigenvalue weighted by molar-refractivity contribution is 0.778. The molecule has 1 aromatic heterocycles. The van der Waals surface area contributed by atoms with Gasteiger partial charge in [-0.15, -0.1) is 35.3 Å². The number of guanidine groups is 1. The summed E-state index contributed by atoms with van der Waals surface area (Å²) in [5.74, 6) is 1.30. The van der Waals surface area contributed by atoms with Crippen LogP contribution in [0.25, 0.3) is 0 Å². The number of thiazole rings is 1. The van der Waals surface area contributed by atoms with Crippen LogP contribution in [0.1, 0.15) is 48.5 Å². The normalized spacial score (nSPS) is 11.3. The van der Waals surface area contributed by atoms with Crippen molar-refractivity contribution in [1.29, 1.82) is 0 Å². The van der Waals surface area contributed by atoms with Gasteiger partial charge in [0.2, 0.25) is 0 Å². The maximum Gasteiger partial charge on any atom is 0.191 e. The largest absolute Gasteiger partial charge is 0.356 e. The van der Waals surface area contributed by atoms with E-state index < -0.39 is 0 Å². The Hall–Kier alpha value is -1.15. The van der Waals surface area contributed by atoms with E-state index >= 15 is 0 Å². The lowest BCUT2D eigenvalue weighted by Gasteiger charge is -2.11. The van der Waals surface area contributed by atoms with Crippen molar-refractivity contribution in [2.75, 3.05) is 13.6 Å². The lowest BCUT2D eigenvalue weighted by Crippen LogP contribution is -2.37. The molecular formula is C19H29IN4S. The smallest absolute Gasteiger partial charge is 0.191 e. The molecule has 2 N–H and O–H groups in total. The average Bonchev–Trinajstić information content (AvgIpc) is 3.08. The molecule has 0 spiro atoms. The first-order valence-corrected chi connectivity index (χ1v) is 9.47. The van der Waals surface area contributed by atoms with Gasteiger partial charge in [0.25, 0.3) is 0 Å². The third-order valence-electron chi connectivity index (χ3n) is 3.93. The molecule has 1 heterocycles. The van der Waals surface area contributed by atoms with Crippen LogP contribution in [0.5, 0.6) is 0 Å². The second-order valence-corrected chi connectivity index (χ2v) is 7.04. The number of halogens is 1. The van der Waals surface area contributed by atoms with E-state index in [1.165, 1.54) is 11.1 Å². The van der Waals surface area contributed by atoms with Crippen LogP contribution in [-0.2, 0) is 19.4 Å². The van der Waals surface area contributed by atoms with E-state index in [0.29, 0.717) is 12.5 Å². The van der Waals surface area contributed by atoms with E-state index in [2.05, 4.69) is 71.0 Å². The number of benzene rings is 1. The van der Waals surface area contributed by atoms with Crippen molar-refractivity contribution in [2.24, 2.45) is 4.99 Å². The minimum absolute atomic E-state index is 0. The Kier molecular flexibility index (Phi) is 10.0. The summed E-state index contributed by atoms with van der Waals surface area (Å²) in [4.78, 5) is 8.91. The van der Waals surface area contributed by atoms with Gasteiger partial charge in [-0.25, -0.2) is 4.98 Å². The quantitative estimate of drug-likeness (QED) is 0.358. The van der Waals surface area contributed by atoms with Crippen molar-refractivity contribution in [2.45, 2.75) is 46.1 Å². The Labute approximate surface area is 172 Å². The minimum atomic E-state index is 0. The van der Waals surface area contributed by atoms with Crippen LogP contribution in [0.3, 0.4) is 0 Å². The summed E-state index contributed by atoms with van der Waals surface area (Å²) in [5, 5.41) is 9.92. The highest BCUT2D eigenvalue weighted by atomic mass is 127. The first kappa shape index (κ1) is 21.9. The zero-order chi connectivity index (χ0) is 17.4. The molecule has 25 heavy (non-hydrogen) atoms. The van der Waals surface area contributed by atoms with E-state index in [-0.39, 0.29) is 24.0 Å². The first-order chi connectivity index (χ1) is 11.6. The summed E-state index contributed by atoms with van der Waals surface area (Å²) in [7, 11) is 1.80. The zero-order valence-corrected chi connectivity index (χ0v) is 18.7. The lowest BCUT2D eigenvalue weighted by atomic mass is 10.1. The monoisotopic (exact) mass is 472 g/mol. The maximum absolute atomic E-state index is 4.63. The number of aromatic nitrogens is 1. The second kappa shape index (κ2) is 11.5. The van der Waals surface area contributed by atoms with E-state index in [1.807, 2.05) is 0 Å². The van der Waals surface area contributed by atoms with Gasteiger partial charge in [0.15, 0.2) is 5.96 Å². The van der Waals surface area contributed by atoms with Gasteiger partial charge >= 0.3 is 0 Å². The Balaban J connectivity index is 0.00000312. The van der Waals surface area contributed by atoms with Crippen LogP contribution >= 0.6 is 35.3 Å². The molecule has 0 unspecified atom stereocenters. The molecule has 0 saturated heterocycles. The fourth-order valence-corrected chi connectivity index (χ4v) is 3.21. The van der Waals surface area contributed by atoms with E-state index in [4.69, 9.17) is 0 Å². The van der Waals surface area contributed by atoms with Crippen LogP contribution in [-0.4, -0.2) is 24.5 Å². The summed E-state index contributed by atoms with van der Waals surface area (Å²) in [6.07, 6.45) is 2.07. The summed E-state index contributed by atoms with van der Waals surface area (Å²) < 4.78 is 0. The van der Waals surface area contributed by atoms with E-state index in [9.17, 15) is 0 Å². The highest BCUT2D eigenvalue weighted by Crippen LogP contribution is 2.17. The van der Waals surface area contributed by atoms with Crippen molar-refractivity contribution in [3.05, 3.63) is 51.5 Å². The summed E-state index contributed by atoms with van der Waals surface area (Å²) in [6, 6.07) is 8.83. The van der Waals surface area contributed by atoms with Gasteiger partial charge in [0, 0.05) is 19.0 Å². The van der Waals surface area contributed by atoms with Crippen molar-refractivity contribution in [3.63, 3.8) is 0 Å². The molecule has 0 atom stereocenters. The molecule has 0 amide bonds. The number of nitrogens with zero attached hydrogens (tertiary/aromatic N) is 2. The van der Waals surface area contributed by atoms with Crippen LogP contribution in [0.15, 0.2) is 34.6 Å². The zero-order valence-electron chi connectivity index (χ0n) is 15.5. The molecule has 2 aromatic rings. The molecule has 0 aliphatic heterocycles. The van der Waals surface area contributed by atoms with Gasteiger partial charge in [-0.2, -0.15) is 0 Å². The standard InChI is InChI=1S/C19H28N4S.HI/c1-5-15-6-8-16(9-7-15)10-11-21-19(20-4)22-12-18-23-17(13-24-18)14(2)3;/h6-9,13-14H,5,10-12H2,1-4H3,(H2,20,21,22);1H. The minimum Gasteiger partial charge on any atom is -0.356 e. The highest BCUT2D eigenvalue weighted by molar-refractivity contribution is 14.0. The molecule has 0 radical (unpaired) electrons. The van der Waals surface area contributed by atoms with Crippen molar-refractivity contribution in [1.82, 2.24) is 15.6 Å². The van der Waals surface area contributed by atoms with Gasteiger partial charge < -0.3 is 10.6 Å². The molecule has 0 aliphatic rings. The topological polar surface area (TPSA) is 49.3 Å². The SMILES string of the molecule is CCc1ccc(CCNC(=NC)NCc2nc(C(C)C)cs2)cc1.I. The predicted molar refractivity (Wildman–Crippen MR) is 119 cm³/mol. The number of aliphatic imine (C=N–C) groups is 1. The molecule has 6 heteroatoms. The van der Waals surface area contributed by atoms with Crippen LogP contribution in [0.4, 0.5) is 0 Å². The number of hydrogen-bond donors (Lipinski definition) is 2. The molecular weight excluding hydrogens is 443 g/mol. The Morgan fingerprint density at radius 1 is 1.16 bits per heavy atom. The number of aryl methyl sites for hydroxylation is 1. The fourth-order valence-electron chi connectivity index (χ4n) is 2.32. The number of rotatable bonds is 7. The Bertz CT molecular complexity index is 650. The molecule has 138 valence electrons. The van der Waals surface area contributed by atoms with Crippen molar-refractivity contribution >= 4 is 41.3 Å². The first-order valence-electron chi connectivity index (χ1n) is 8.59. The third kappa shape index (κ3) is 7.32. The summed E-state index contributed by atoms with van der Waals surface area (Å²) in [6.45, 7) is 8.08. The summed E-state index contributed by atoms with van der Waals surface area (Å²) >= 11 is 1.70. The predicted octanol–water partition coefficient (Wildman–Crippen LogP) is 4.35. The molecule has 2 rings (SSSR count). The molecule has 0 fully saturated rings. The van der Waals surface area contributed by atoms with Crippen LogP contribution in [0.2, 0.25) is 0 Å². The van der Waals surface area contributed by atoms with Crippen LogP contribution < -0.4 is 10.6 Å². The van der Waals surface area contributed by atoms with Gasteiger partial charge in [-0.05, 0) is 29.9 Å². The molecule has 0 saturated carbocycles. The fraction of sp³-hybridized carbons (Fsp3) is 0.474. The second-order valence-electron chi connectivity index (χ2n) is 6.09. The van der Waals surface area contributed by atoms with Gasteiger partial charge in [0.05, 0.1) is 12.2 Å². The molecule has 0 aliphatic carbocycles. The molecule has 0 bridgehead atoms. The van der Waals surface area contributed by atoms with Crippen molar-refractivity contribution in [3.8, 4) is 0 Å². The van der Waals surface area contributed by atoms with Gasteiger partial charge in [0.1, 0.15) is 5.01 Å². The Morgan fingerprint density at radius 2 is 1.84 bits per heavy atom. The Morgan fingerprint density at radius 3 is 2.40 bits per heavy atom.